The van der Waals surface area contributed by atoms with Gasteiger partial charge in [-0.05, 0) is 53.9 Å². The average Bonchev–Trinajstić information content (AvgIpc) is 2.50. The molecule has 1 atom stereocenters. The predicted octanol–water partition coefficient (Wildman–Crippen LogP) is 3.93. The molecule has 120 valence electrons. The van der Waals surface area contributed by atoms with E-state index in [1.807, 2.05) is 6.07 Å². The SMILES string of the molecule is CCCNC(CCCOC)c1ccc(OC)c(Br)c1OC. The van der Waals surface area contributed by atoms with Crippen molar-refractivity contribution in [2.45, 2.75) is 32.2 Å². The minimum Gasteiger partial charge on any atom is -0.495 e. The molecule has 1 aromatic rings. The van der Waals surface area contributed by atoms with Crippen molar-refractivity contribution in [2.24, 2.45) is 0 Å². The highest BCUT2D eigenvalue weighted by atomic mass is 79.9. The molecule has 0 bridgehead atoms. The molecular weight excluding hydrogens is 334 g/mol. The first-order valence-corrected chi connectivity index (χ1v) is 8.11. The van der Waals surface area contributed by atoms with Crippen molar-refractivity contribution in [3.05, 3.63) is 22.2 Å². The van der Waals surface area contributed by atoms with E-state index >= 15 is 0 Å². The molecule has 5 heteroatoms. The predicted molar refractivity (Wildman–Crippen MR) is 89.4 cm³/mol. The van der Waals surface area contributed by atoms with Gasteiger partial charge < -0.3 is 19.5 Å². The molecule has 1 aromatic carbocycles. The van der Waals surface area contributed by atoms with Crippen LogP contribution in [0.15, 0.2) is 16.6 Å². The van der Waals surface area contributed by atoms with Crippen molar-refractivity contribution >= 4 is 15.9 Å². The number of rotatable bonds is 10. The zero-order valence-electron chi connectivity index (χ0n) is 13.4. The summed E-state index contributed by atoms with van der Waals surface area (Å²) >= 11 is 3.57. The van der Waals surface area contributed by atoms with Gasteiger partial charge in [0, 0.05) is 25.3 Å². The summed E-state index contributed by atoms with van der Waals surface area (Å²) in [4.78, 5) is 0. The number of methoxy groups -OCH3 is 3. The van der Waals surface area contributed by atoms with Gasteiger partial charge in [0.05, 0.1) is 14.2 Å². The van der Waals surface area contributed by atoms with E-state index in [1.165, 1.54) is 0 Å². The monoisotopic (exact) mass is 359 g/mol. The van der Waals surface area contributed by atoms with Crippen molar-refractivity contribution in [1.82, 2.24) is 5.32 Å². The Labute approximate surface area is 136 Å². The van der Waals surface area contributed by atoms with E-state index < -0.39 is 0 Å². The Morgan fingerprint density at radius 2 is 1.95 bits per heavy atom. The van der Waals surface area contributed by atoms with Gasteiger partial charge in [-0.2, -0.15) is 0 Å². The molecule has 0 fully saturated rings. The van der Waals surface area contributed by atoms with Gasteiger partial charge >= 0.3 is 0 Å². The maximum Gasteiger partial charge on any atom is 0.141 e. The van der Waals surface area contributed by atoms with Crippen molar-refractivity contribution in [3.63, 3.8) is 0 Å². The van der Waals surface area contributed by atoms with Crippen LogP contribution in [0.1, 0.15) is 37.8 Å². The maximum atomic E-state index is 5.59. The van der Waals surface area contributed by atoms with Crippen molar-refractivity contribution < 1.29 is 14.2 Å². The minimum atomic E-state index is 0.247. The first kappa shape index (κ1) is 18.3. The third kappa shape index (κ3) is 5.16. The van der Waals surface area contributed by atoms with E-state index in [2.05, 4.69) is 34.2 Å². The van der Waals surface area contributed by atoms with Crippen LogP contribution in [0.25, 0.3) is 0 Å². The number of benzene rings is 1. The minimum absolute atomic E-state index is 0.247. The van der Waals surface area contributed by atoms with Gasteiger partial charge in [-0.25, -0.2) is 0 Å². The smallest absolute Gasteiger partial charge is 0.141 e. The summed E-state index contributed by atoms with van der Waals surface area (Å²) in [7, 11) is 5.08. The molecule has 4 nitrogen and oxygen atoms in total. The zero-order chi connectivity index (χ0) is 15.7. The third-order valence-corrected chi connectivity index (χ3v) is 4.12. The lowest BCUT2D eigenvalue weighted by Gasteiger charge is -2.22. The van der Waals surface area contributed by atoms with E-state index in [-0.39, 0.29) is 6.04 Å². The lowest BCUT2D eigenvalue weighted by Crippen LogP contribution is -2.23. The molecule has 0 heterocycles. The van der Waals surface area contributed by atoms with Gasteiger partial charge in [0.2, 0.25) is 0 Å². The first-order valence-electron chi connectivity index (χ1n) is 7.32. The van der Waals surface area contributed by atoms with Gasteiger partial charge in [0.1, 0.15) is 16.0 Å². The molecule has 0 radical (unpaired) electrons. The summed E-state index contributed by atoms with van der Waals surface area (Å²) in [5.41, 5.74) is 1.15. The van der Waals surface area contributed by atoms with E-state index in [0.717, 1.165) is 53.9 Å². The zero-order valence-corrected chi connectivity index (χ0v) is 15.0. The fourth-order valence-corrected chi connectivity index (χ4v) is 3.00. The van der Waals surface area contributed by atoms with Crippen LogP contribution in [0.3, 0.4) is 0 Å². The lowest BCUT2D eigenvalue weighted by molar-refractivity contribution is 0.188. The lowest BCUT2D eigenvalue weighted by atomic mass is 10.0. The van der Waals surface area contributed by atoms with Crippen molar-refractivity contribution in [2.75, 3.05) is 34.5 Å². The second-order valence-electron chi connectivity index (χ2n) is 4.85. The summed E-state index contributed by atoms with van der Waals surface area (Å²) in [5.74, 6) is 1.61. The van der Waals surface area contributed by atoms with E-state index in [9.17, 15) is 0 Å². The third-order valence-electron chi connectivity index (χ3n) is 3.37. The fourth-order valence-electron chi connectivity index (χ4n) is 2.31. The largest absolute Gasteiger partial charge is 0.495 e. The summed E-state index contributed by atoms with van der Waals surface area (Å²) < 4.78 is 16.9. The molecule has 0 spiro atoms. The summed E-state index contributed by atoms with van der Waals surface area (Å²) in [6.07, 6.45) is 3.11. The topological polar surface area (TPSA) is 39.7 Å². The van der Waals surface area contributed by atoms with Crippen LogP contribution in [0.4, 0.5) is 0 Å². The standard InChI is InChI=1S/C16H26BrNO3/c1-5-10-18-13(7-6-11-19-2)12-8-9-14(20-3)15(17)16(12)21-4/h8-9,13,18H,5-7,10-11H2,1-4H3. The van der Waals surface area contributed by atoms with E-state index in [1.54, 1.807) is 21.3 Å². The number of hydrogen-bond donors (Lipinski definition) is 1. The van der Waals surface area contributed by atoms with Crippen LogP contribution in [0.2, 0.25) is 0 Å². The second kappa shape index (κ2) is 10.0. The second-order valence-corrected chi connectivity index (χ2v) is 5.64. The number of ether oxygens (including phenoxy) is 3. The quantitative estimate of drug-likeness (QED) is 0.642. The average molecular weight is 360 g/mol. The molecule has 0 saturated carbocycles. The van der Waals surface area contributed by atoms with Crippen LogP contribution in [0, 0.1) is 0 Å². The van der Waals surface area contributed by atoms with E-state index in [0.29, 0.717) is 0 Å². The van der Waals surface area contributed by atoms with Crippen LogP contribution < -0.4 is 14.8 Å². The van der Waals surface area contributed by atoms with E-state index in [4.69, 9.17) is 14.2 Å². The van der Waals surface area contributed by atoms with Gasteiger partial charge in [-0.1, -0.05) is 6.92 Å². The first-order chi connectivity index (χ1) is 10.2. The number of nitrogens with one attached hydrogen (secondary N) is 1. The molecular formula is C16H26BrNO3. The van der Waals surface area contributed by atoms with Gasteiger partial charge in [-0.3, -0.25) is 0 Å². The fraction of sp³-hybridized carbons (Fsp3) is 0.625. The number of hydrogen-bond acceptors (Lipinski definition) is 4. The summed E-state index contributed by atoms with van der Waals surface area (Å²) in [6.45, 7) is 3.91. The Morgan fingerprint density at radius 3 is 2.52 bits per heavy atom. The van der Waals surface area contributed by atoms with Crippen LogP contribution >= 0.6 is 15.9 Å². The van der Waals surface area contributed by atoms with Gasteiger partial charge in [0.15, 0.2) is 0 Å². The van der Waals surface area contributed by atoms with Crippen LogP contribution in [-0.2, 0) is 4.74 Å². The van der Waals surface area contributed by atoms with Gasteiger partial charge in [-0.15, -0.1) is 0 Å². The molecule has 0 aliphatic heterocycles. The normalized spacial score (nSPS) is 12.2. The van der Waals surface area contributed by atoms with Crippen molar-refractivity contribution in [1.29, 1.82) is 0 Å². The summed E-state index contributed by atoms with van der Waals surface area (Å²) in [6, 6.07) is 4.29. The van der Waals surface area contributed by atoms with Gasteiger partial charge in [0.25, 0.3) is 0 Å². The summed E-state index contributed by atoms with van der Waals surface area (Å²) in [5, 5.41) is 3.59. The highest BCUT2D eigenvalue weighted by molar-refractivity contribution is 9.10. The highest BCUT2D eigenvalue weighted by Gasteiger charge is 2.19. The molecule has 0 aliphatic rings. The Bertz CT molecular complexity index is 426. The molecule has 0 aliphatic carbocycles. The Hall–Kier alpha value is -0.780. The Kier molecular flexibility index (Phi) is 8.73. The molecule has 0 saturated heterocycles. The Balaban J connectivity index is 3.01. The molecule has 0 aromatic heterocycles. The maximum absolute atomic E-state index is 5.59. The molecule has 1 unspecified atom stereocenters. The molecule has 0 amide bonds. The van der Waals surface area contributed by atoms with Crippen LogP contribution in [-0.4, -0.2) is 34.5 Å². The molecule has 1 rings (SSSR count). The van der Waals surface area contributed by atoms with Crippen molar-refractivity contribution in [3.8, 4) is 11.5 Å². The molecule has 21 heavy (non-hydrogen) atoms. The number of halogens is 1. The molecule has 1 N–H and O–H groups in total. The van der Waals surface area contributed by atoms with Crippen LogP contribution in [0.5, 0.6) is 11.5 Å². The highest BCUT2D eigenvalue weighted by Crippen LogP contribution is 2.40. The Morgan fingerprint density at radius 1 is 1.19 bits per heavy atom.